The first kappa shape index (κ1) is 15.1. The van der Waals surface area contributed by atoms with Crippen molar-refractivity contribution < 1.29 is 15.0 Å². The summed E-state index contributed by atoms with van der Waals surface area (Å²) in [6.45, 7) is 1.78. The third-order valence-electron chi connectivity index (χ3n) is 3.43. The van der Waals surface area contributed by atoms with Crippen LogP contribution in [0.25, 0.3) is 0 Å². The van der Waals surface area contributed by atoms with Crippen LogP contribution in [0.4, 0.5) is 4.79 Å². The van der Waals surface area contributed by atoms with E-state index < -0.39 is 12.2 Å². The number of carbonyl (C=O) groups is 1. The van der Waals surface area contributed by atoms with E-state index in [-0.39, 0.29) is 6.04 Å². The van der Waals surface area contributed by atoms with Gasteiger partial charge in [-0.05, 0) is 23.6 Å². The minimum Gasteiger partial charge on any atom is -0.465 e. The minimum atomic E-state index is -1.05. The fourth-order valence-electron chi connectivity index (χ4n) is 2.23. The van der Waals surface area contributed by atoms with E-state index in [1.54, 1.807) is 6.92 Å². The molecular formula is C17H19NO3. The Hall–Kier alpha value is -2.33. The number of hydrogen-bond donors (Lipinski definition) is 3. The molecule has 2 aromatic carbocycles. The number of aliphatic hydroxyl groups excluding tert-OH is 1. The number of hydrogen-bond acceptors (Lipinski definition) is 2. The Morgan fingerprint density at radius 2 is 1.62 bits per heavy atom. The molecule has 4 nitrogen and oxygen atoms in total. The fraction of sp³-hybridized carbons (Fsp3) is 0.235. The number of aliphatic hydroxyl groups is 1. The lowest BCUT2D eigenvalue weighted by molar-refractivity contribution is 0.178. The Morgan fingerprint density at radius 1 is 1.05 bits per heavy atom. The average molecular weight is 285 g/mol. The van der Waals surface area contributed by atoms with Crippen LogP contribution in [-0.2, 0) is 6.42 Å². The van der Waals surface area contributed by atoms with E-state index in [0.717, 1.165) is 16.7 Å². The highest BCUT2D eigenvalue weighted by Crippen LogP contribution is 2.21. The Balaban J connectivity index is 2.03. The summed E-state index contributed by atoms with van der Waals surface area (Å²) in [4.78, 5) is 10.6. The zero-order valence-corrected chi connectivity index (χ0v) is 11.9. The molecule has 0 aromatic heterocycles. The Labute approximate surface area is 124 Å². The van der Waals surface area contributed by atoms with Gasteiger partial charge in [-0.25, -0.2) is 4.79 Å². The summed E-state index contributed by atoms with van der Waals surface area (Å²) < 4.78 is 0. The molecule has 2 rings (SSSR count). The normalized spacial score (nSPS) is 13.4. The molecule has 0 radical (unpaired) electrons. The van der Waals surface area contributed by atoms with Crippen LogP contribution in [0.15, 0.2) is 54.6 Å². The van der Waals surface area contributed by atoms with Crippen LogP contribution in [-0.4, -0.2) is 16.3 Å². The molecule has 0 saturated carbocycles. The van der Waals surface area contributed by atoms with Crippen LogP contribution in [0.5, 0.6) is 0 Å². The highest BCUT2D eigenvalue weighted by Gasteiger charge is 2.11. The molecule has 0 saturated heterocycles. The molecule has 0 aliphatic heterocycles. The van der Waals surface area contributed by atoms with Crippen LogP contribution in [0.1, 0.15) is 35.8 Å². The van der Waals surface area contributed by atoms with Gasteiger partial charge in [-0.1, -0.05) is 54.6 Å². The first-order valence-corrected chi connectivity index (χ1v) is 6.87. The quantitative estimate of drug-likeness (QED) is 0.789. The Kier molecular flexibility index (Phi) is 4.95. The molecule has 0 heterocycles. The zero-order chi connectivity index (χ0) is 15.2. The highest BCUT2D eigenvalue weighted by molar-refractivity contribution is 5.65. The molecule has 1 unspecified atom stereocenters. The summed E-state index contributed by atoms with van der Waals surface area (Å²) in [6, 6.07) is 16.9. The van der Waals surface area contributed by atoms with Gasteiger partial charge in [-0.3, -0.25) is 0 Å². The maximum atomic E-state index is 10.6. The molecule has 3 N–H and O–H groups in total. The minimum absolute atomic E-state index is 0.275. The molecule has 0 spiro atoms. The molecule has 21 heavy (non-hydrogen) atoms. The lowest BCUT2D eigenvalue weighted by atomic mass is 9.99. The third-order valence-corrected chi connectivity index (χ3v) is 3.43. The van der Waals surface area contributed by atoms with E-state index in [1.807, 2.05) is 54.6 Å². The molecule has 0 aliphatic rings. The number of carboxylic acid groups (broad SMARTS) is 1. The smallest absolute Gasteiger partial charge is 0.405 e. The van der Waals surface area contributed by atoms with Crippen molar-refractivity contribution in [1.82, 2.24) is 5.32 Å². The number of rotatable bonds is 5. The van der Waals surface area contributed by atoms with Gasteiger partial charge < -0.3 is 15.5 Å². The summed E-state index contributed by atoms with van der Waals surface area (Å²) in [5.74, 6) is 0. The molecule has 2 atom stereocenters. The molecule has 110 valence electrons. The van der Waals surface area contributed by atoms with Crippen LogP contribution in [0.2, 0.25) is 0 Å². The average Bonchev–Trinajstić information content (AvgIpc) is 2.47. The van der Waals surface area contributed by atoms with Crippen molar-refractivity contribution in [2.24, 2.45) is 0 Å². The van der Waals surface area contributed by atoms with E-state index >= 15 is 0 Å². The third kappa shape index (κ3) is 4.33. The van der Waals surface area contributed by atoms with Gasteiger partial charge in [0.05, 0.1) is 12.1 Å². The second kappa shape index (κ2) is 6.90. The van der Waals surface area contributed by atoms with Crippen molar-refractivity contribution >= 4 is 6.09 Å². The molecule has 2 aromatic rings. The van der Waals surface area contributed by atoms with Gasteiger partial charge in [0.15, 0.2) is 0 Å². The van der Waals surface area contributed by atoms with Gasteiger partial charge in [0, 0.05) is 6.42 Å². The largest absolute Gasteiger partial charge is 0.465 e. The van der Waals surface area contributed by atoms with Crippen LogP contribution in [0.3, 0.4) is 0 Å². The van der Waals surface area contributed by atoms with Gasteiger partial charge in [-0.15, -0.1) is 0 Å². The number of nitrogens with one attached hydrogen (secondary N) is 1. The standard InChI is InChI=1S/C17H19NO3/c1-12(18-17(20)21)14-7-9-15(10-8-14)16(19)11-13-5-3-2-4-6-13/h2-10,12,16,18-19H,11H2,1H3,(H,20,21)/t12-,16?/m0/s1. The second-order valence-electron chi connectivity index (χ2n) is 5.04. The summed E-state index contributed by atoms with van der Waals surface area (Å²) in [7, 11) is 0. The topological polar surface area (TPSA) is 69.6 Å². The van der Waals surface area contributed by atoms with Gasteiger partial charge in [-0.2, -0.15) is 0 Å². The molecular weight excluding hydrogens is 266 g/mol. The summed E-state index contributed by atoms with van der Waals surface area (Å²) >= 11 is 0. The van der Waals surface area contributed by atoms with E-state index in [1.165, 1.54) is 0 Å². The van der Waals surface area contributed by atoms with Gasteiger partial charge in [0.2, 0.25) is 0 Å². The van der Waals surface area contributed by atoms with Gasteiger partial charge in [0.25, 0.3) is 0 Å². The van der Waals surface area contributed by atoms with Crippen molar-refractivity contribution in [3.63, 3.8) is 0 Å². The highest BCUT2D eigenvalue weighted by atomic mass is 16.4. The number of amides is 1. The van der Waals surface area contributed by atoms with Gasteiger partial charge in [0.1, 0.15) is 0 Å². The molecule has 4 heteroatoms. The second-order valence-corrected chi connectivity index (χ2v) is 5.04. The van der Waals surface area contributed by atoms with Crippen LogP contribution in [0, 0.1) is 0 Å². The predicted octanol–water partition coefficient (Wildman–Crippen LogP) is 3.29. The SMILES string of the molecule is C[C@H](NC(=O)O)c1ccc(C(O)Cc2ccccc2)cc1. The van der Waals surface area contributed by atoms with Gasteiger partial charge >= 0.3 is 6.09 Å². The Bertz CT molecular complexity index is 581. The lowest BCUT2D eigenvalue weighted by Gasteiger charge is -2.15. The maximum Gasteiger partial charge on any atom is 0.405 e. The van der Waals surface area contributed by atoms with Crippen LogP contribution < -0.4 is 5.32 Å². The van der Waals surface area contributed by atoms with Crippen molar-refractivity contribution in [3.8, 4) is 0 Å². The van der Waals surface area contributed by atoms with E-state index in [2.05, 4.69) is 5.32 Å². The molecule has 0 bridgehead atoms. The van der Waals surface area contributed by atoms with Crippen molar-refractivity contribution in [1.29, 1.82) is 0 Å². The van der Waals surface area contributed by atoms with E-state index in [4.69, 9.17) is 5.11 Å². The van der Waals surface area contributed by atoms with Crippen molar-refractivity contribution in [2.45, 2.75) is 25.5 Å². The summed E-state index contributed by atoms with van der Waals surface area (Å²) in [6.07, 6.45) is -1.05. The predicted molar refractivity (Wildman–Crippen MR) is 81.1 cm³/mol. The lowest BCUT2D eigenvalue weighted by Crippen LogP contribution is -2.24. The fourth-order valence-corrected chi connectivity index (χ4v) is 2.23. The maximum absolute atomic E-state index is 10.6. The summed E-state index contributed by atoms with van der Waals surface area (Å²) in [5, 5.41) is 21.3. The zero-order valence-electron chi connectivity index (χ0n) is 11.9. The first-order valence-electron chi connectivity index (χ1n) is 6.87. The molecule has 0 fully saturated rings. The van der Waals surface area contributed by atoms with Crippen molar-refractivity contribution in [3.05, 3.63) is 71.3 Å². The monoisotopic (exact) mass is 285 g/mol. The summed E-state index contributed by atoms with van der Waals surface area (Å²) in [5.41, 5.74) is 2.77. The number of benzene rings is 2. The molecule has 1 amide bonds. The van der Waals surface area contributed by atoms with Crippen LogP contribution >= 0.6 is 0 Å². The molecule has 0 aliphatic carbocycles. The van der Waals surface area contributed by atoms with E-state index in [9.17, 15) is 9.90 Å². The van der Waals surface area contributed by atoms with Crippen molar-refractivity contribution in [2.75, 3.05) is 0 Å². The Morgan fingerprint density at radius 3 is 2.19 bits per heavy atom. The first-order chi connectivity index (χ1) is 10.1. The van der Waals surface area contributed by atoms with E-state index in [0.29, 0.717) is 6.42 Å².